The average molecular weight is 225 g/mol. The molecule has 0 aromatic heterocycles. The van der Waals surface area contributed by atoms with Crippen LogP contribution in [0.5, 0.6) is 5.75 Å². The normalized spacial score (nSPS) is 9.47. The molecule has 0 bridgehead atoms. The third kappa shape index (κ3) is 3.21. The number of carboxylic acids is 1. The van der Waals surface area contributed by atoms with Crippen molar-refractivity contribution in [1.82, 2.24) is 4.90 Å². The molecule has 0 amide bonds. The minimum Gasteiger partial charge on any atom is -0.478 e. The van der Waals surface area contributed by atoms with Crippen molar-refractivity contribution < 1.29 is 14.6 Å². The van der Waals surface area contributed by atoms with Crippen LogP contribution in [0.2, 0.25) is 0 Å². The fraction of sp³-hybridized carbons (Fsp3) is 0.200. The van der Waals surface area contributed by atoms with Crippen molar-refractivity contribution in [2.45, 2.75) is 0 Å². The quantitative estimate of drug-likeness (QED) is 0.775. The van der Waals surface area contributed by atoms with Gasteiger partial charge in [-0.3, -0.25) is 0 Å². The lowest BCUT2D eigenvalue weighted by molar-refractivity contribution is 0.0697. The first kappa shape index (κ1) is 11.5. The molecule has 0 unspecified atom stereocenters. The summed E-state index contributed by atoms with van der Waals surface area (Å²) < 4.78 is 5.27. The molecule has 0 heterocycles. The van der Waals surface area contributed by atoms with Gasteiger partial charge >= 0.3 is 5.97 Å². The topological polar surface area (TPSA) is 49.8 Å². The zero-order valence-corrected chi connectivity index (χ0v) is 9.25. The summed E-state index contributed by atoms with van der Waals surface area (Å²) >= 11 is 4.93. The molecule has 0 fully saturated rings. The monoisotopic (exact) mass is 225 g/mol. The molecule has 0 aliphatic rings. The highest BCUT2D eigenvalue weighted by Crippen LogP contribution is 2.12. The second kappa shape index (κ2) is 4.75. The van der Waals surface area contributed by atoms with Gasteiger partial charge in [0, 0.05) is 14.1 Å². The molecule has 1 N–H and O–H groups in total. The fourth-order valence-electron chi connectivity index (χ4n) is 0.858. The van der Waals surface area contributed by atoms with Crippen LogP contribution in [0.25, 0.3) is 0 Å². The summed E-state index contributed by atoms with van der Waals surface area (Å²) in [5.41, 5.74) is 0.220. The molecule has 15 heavy (non-hydrogen) atoms. The van der Waals surface area contributed by atoms with E-state index in [0.29, 0.717) is 10.9 Å². The van der Waals surface area contributed by atoms with Crippen LogP contribution in [-0.2, 0) is 0 Å². The van der Waals surface area contributed by atoms with Crippen molar-refractivity contribution >= 4 is 23.4 Å². The van der Waals surface area contributed by atoms with Crippen molar-refractivity contribution in [3.05, 3.63) is 29.8 Å². The highest BCUT2D eigenvalue weighted by molar-refractivity contribution is 7.80. The van der Waals surface area contributed by atoms with Crippen molar-refractivity contribution in [2.75, 3.05) is 14.1 Å². The Morgan fingerprint density at radius 3 is 2.27 bits per heavy atom. The molecule has 4 nitrogen and oxygen atoms in total. The summed E-state index contributed by atoms with van der Waals surface area (Å²) in [5.74, 6) is -0.435. The number of rotatable bonds is 2. The van der Waals surface area contributed by atoms with E-state index in [2.05, 4.69) is 0 Å². The van der Waals surface area contributed by atoms with Gasteiger partial charge in [-0.25, -0.2) is 4.79 Å². The van der Waals surface area contributed by atoms with Crippen LogP contribution in [0.1, 0.15) is 10.4 Å². The molecule has 1 aromatic rings. The van der Waals surface area contributed by atoms with Gasteiger partial charge in [-0.1, -0.05) is 0 Å². The SMILES string of the molecule is CN(C)C(=S)Oc1ccc(C(=O)O)cc1. The van der Waals surface area contributed by atoms with Crippen LogP contribution >= 0.6 is 12.2 Å². The van der Waals surface area contributed by atoms with Gasteiger partial charge in [-0.2, -0.15) is 0 Å². The molecule has 0 aliphatic carbocycles. The van der Waals surface area contributed by atoms with Crippen molar-refractivity contribution in [3.63, 3.8) is 0 Å². The van der Waals surface area contributed by atoms with E-state index in [-0.39, 0.29) is 5.56 Å². The van der Waals surface area contributed by atoms with Gasteiger partial charge in [-0.15, -0.1) is 0 Å². The molecule has 0 saturated carbocycles. The third-order valence-corrected chi connectivity index (χ3v) is 2.12. The Bertz CT molecular complexity index is 373. The zero-order valence-electron chi connectivity index (χ0n) is 8.43. The summed E-state index contributed by atoms with van der Waals surface area (Å²) in [5, 5.41) is 9.00. The first-order valence-electron chi connectivity index (χ1n) is 4.23. The molecule has 0 saturated heterocycles. The molecule has 0 atom stereocenters. The number of carboxylic acid groups (broad SMARTS) is 1. The summed E-state index contributed by atoms with van der Waals surface area (Å²) in [7, 11) is 3.54. The molecule has 0 spiro atoms. The predicted molar refractivity (Wildman–Crippen MR) is 60.3 cm³/mol. The lowest BCUT2D eigenvalue weighted by atomic mass is 10.2. The fourth-order valence-corrected chi connectivity index (χ4v) is 0.954. The lowest BCUT2D eigenvalue weighted by Gasteiger charge is -2.13. The molecule has 1 aromatic carbocycles. The number of benzene rings is 1. The van der Waals surface area contributed by atoms with Gasteiger partial charge in [0.25, 0.3) is 5.17 Å². The number of thiocarbonyl (C=S) groups is 1. The van der Waals surface area contributed by atoms with Crippen LogP contribution in [0.15, 0.2) is 24.3 Å². The Labute approximate surface area is 93.1 Å². The number of aromatic carboxylic acids is 1. The summed E-state index contributed by atoms with van der Waals surface area (Å²) in [6.45, 7) is 0. The van der Waals surface area contributed by atoms with Crippen molar-refractivity contribution in [3.8, 4) is 5.75 Å². The van der Waals surface area contributed by atoms with E-state index in [1.165, 1.54) is 12.1 Å². The van der Waals surface area contributed by atoms with Crippen LogP contribution in [0, 0.1) is 0 Å². The smallest absolute Gasteiger partial charge is 0.335 e. The van der Waals surface area contributed by atoms with E-state index in [4.69, 9.17) is 22.1 Å². The number of hydrogen-bond acceptors (Lipinski definition) is 3. The lowest BCUT2D eigenvalue weighted by Crippen LogP contribution is -2.24. The highest BCUT2D eigenvalue weighted by atomic mass is 32.1. The first-order valence-corrected chi connectivity index (χ1v) is 4.64. The highest BCUT2D eigenvalue weighted by Gasteiger charge is 2.04. The Morgan fingerprint density at radius 2 is 1.87 bits per heavy atom. The molecular weight excluding hydrogens is 214 g/mol. The molecule has 0 aliphatic heterocycles. The maximum atomic E-state index is 10.6. The van der Waals surface area contributed by atoms with Gasteiger partial charge in [0.15, 0.2) is 0 Å². The average Bonchev–Trinajstić information content (AvgIpc) is 2.18. The van der Waals surface area contributed by atoms with E-state index in [9.17, 15) is 4.79 Å². The van der Waals surface area contributed by atoms with E-state index >= 15 is 0 Å². The third-order valence-electron chi connectivity index (χ3n) is 1.67. The molecule has 1 rings (SSSR count). The number of nitrogens with zero attached hydrogens (tertiary/aromatic N) is 1. The van der Waals surface area contributed by atoms with Crippen molar-refractivity contribution in [2.24, 2.45) is 0 Å². The minimum absolute atomic E-state index is 0.220. The second-order valence-electron chi connectivity index (χ2n) is 3.09. The number of carbonyl (C=O) groups is 1. The Balaban J connectivity index is 2.73. The van der Waals surface area contributed by atoms with Gasteiger partial charge < -0.3 is 14.7 Å². The van der Waals surface area contributed by atoms with E-state index < -0.39 is 5.97 Å². The van der Waals surface area contributed by atoms with Crippen molar-refractivity contribution in [1.29, 1.82) is 0 Å². The molecular formula is C10H11NO3S. The standard InChI is InChI=1S/C10H11NO3S/c1-11(2)10(15)14-8-5-3-7(4-6-8)9(12)13/h3-6H,1-2H3,(H,12,13). The van der Waals surface area contributed by atoms with Gasteiger partial charge in [0.05, 0.1) is 5.56 Å². The second-order valence-corrected chi connectivity index (χ2v) is 3.44. The van der Waals surface area contributed by atoms with Gasteiger partial charge in [0.2, 0.25) is 0 Å². The first-order chi connectivity index (χ1) is 7.00. The zero-order chi connectivity index (χ0) is 11.4. The van der Waals surface area contributed by atoms with Gasteiger partial charge in [0.1, 0.15) is 5.75 Å². The number of ether oxygens (including phenoxy) is 1. The van der Waals surface area contributed by atoms with Gasteiger partial charge in [-0.05, 0) is 36.5 Å². The molecule has 0 radical (unpaired) electrons. The molecule has 5 heteroatoms. The summed E-state index contributed by atoms with van der Waals surface area (Å²) in [6, 6.07) is 6.07. The predicted octanol–water partition coefficient (Wildman–Crippen LogP) is 1.61. The Kier molecular flexibility index (Phi) is 3.62. The van der Waals surface area contributed by atoms with E-state index in [1.807, 2.05) is 0 Å². The summed E-state index contributed by atoms with van der Waals surface area (Å²) in [4.78, 5) is 12.2. The van der Waals surface area contributed by atoms with Crippen LogP contribution in [0.4, 0.5) is 0 Å². The Morgan fingerprint density at radius 1 is 1.33 bits per heavy atom. The largest absolute Gasteiger partial charge is 0.478 e. The maximum Gasteiger partial charge on any atom is 0.335 e. The van der Waals surface area contributed by atoms with Crippen LogP contribution < -0.4 is 4.74 Å². The van der Waals surface area contributed by atoms with Crippen LogP contribution in [-0.4, -0.2) is 35.2 Å². The maximum absolute atomic E-state index is 10.6. The minimum atomic E-state index is -0.961. The van der Waals surface area contributed by atoms with E-state index in [1.54, 1.807) is 31.1 Å². The van der Waals surface area contributed by atoms with Crippen LogP contribution in [0.3, 0.4) is 0 Å². The number of hydrogen-bond donors (Lipinski definition) is 1. The molecule has 80 valence electrons. The van der Waals surface area contributed by atoms with E-state index in [0.717, 1.165) is 0 Å². The Hall–Kier alpha value is -1.62. The summed E-state index contributed by atoms with van der Waals surface area (Å²) in [6.07, 6.45) is 0.